The first-order valence-electron chi connectivity index (χ1n) is 6.87. The molecule has 0 aliphatic carbocycles. The normalized spacial score (nSPS) is 27.5. The van der Waals surface area contributed by atoms with Crippen LogP contribution >= 0.6 is 0 Å². The van der Waals surface area contributed by atoms with Gasteiger partial charge in [0.15, 0.2) is 0 Å². The predicted molar refractivity (Wildman–Crippen MR) is 66.8 cm³/mol. The van der Waals surface area contributed by atoms with Crippen molar-refractivity contribution in [3.8, 4) is 0 Å². The molecule has 1 amide bonds. The Morgan fingerprint density at radius 1 is 1.29 bits per heavy atom. The van der Waals surface area contributed by atoms with Crippen molar-refractivity contribution in [2.24, 2.45) is 11.8 Å². The molecule has 98 valence electrons. The maximum absolute atomic E-state index is 11.9. The summed E-state index contributed by atoms with van der Waals surface area (Å²) in [5, 5.41) is 3.38. The summed E-state index contributed by atoms with van der Waals surface area (Å²) < 4.78 is 5.43. The summed E-state index contributed by atoms with van der Waals surface area (Å²) in [6.07, 6.45) is 3.45. The van der Waals surface area contributed by atoms with Crippen LogP contribution in [0.5, 0.6) is 0 Å². The van der Waals surface area contributed by atoms with Gasteiger partial charge in [-0.1, -0.05) is 19.8 Å². The highest BCUT2D eigenvalue weighted by molar-refractivity contribution is 5.77. The molecule has 0 spiro atoms. The molecule has 0 bridgehead atoms. The molecule has 2 aliphatic heterocycles. The van der Waals surface area contributed by atoms with Gasteiger partial charge in [-0.15, -0.1) is 0 Å². The molecule has 17 heavy (non-hydrogen) atoms. The van der Waals surface area contributed by atoms with E-state index in [-0.39, 0.29) is 12.5 Å². The van der Waals surface area contributed by atoms with Crippen LogP contribution < -0.4 is 5.32 Å². The molecule has 2 atom stereocenters. The van der Waals surface area contributed by atoms with E-state index in [2.05, 4.69) is 12.2 Å². The highest BCUT2D eigenvalue weighted by Crippen LogP contribution is 2.26. The number of ether oxygens (including phenoxy) is 1. The predicted octanol–water partition coefficient (Wildman–Crippen LogP) is 0.871. The SMILES string of the molecule is CCCCCOCC(=O)N1C[C@H]2CNC[C@H]2C1. The molecule has 2 aliphatic rings. The van der Waals surface area contributed by atoms with Crippen molar-refractivity contribution < 1.29 is 9.53 Å². The molecule has 0 aromatic carbocycles. The lowest BCUT2D eigenvalue weighted by Crippen LogP contribution is -2.34. The standard InChI is InChI=1S/C13H24N2O2/c1-2-3-4-5-17-10-13(16)15-8-11-6-14-7-12(11)9-15/h11-12,14H,2-10H2,1H3/t11-,12+. The first-order chi connectivity index (χ1) is 8.31. The number of amides is 1. The van der Waals surface area contributed by atoms with Crippen LogP contribution in [0.2, 0.25) is 0 Å². The van der Waals surface area contributed by atoms with Gasteiger partial charge in [0.2, 0.25) is 5.91 Å². The monoisotopic (exact) mass is 240 g/mol. The summed E-state index contributed by atoms with van der Waals surface area (Å²) in [5.41, 5.74) is 0. The van der Waals surface area contributed by atoms with E-state index in [4.69, 9.17) is 4.74 Å². The zero-order chi connectivity index (χ0) is 12.1. The van der Waals surface area contributed by atoms with E-state index >= 15 is 0 Å². The number of carbonyl (C=O) groups excluding carboxylic acids is 1. The van der Waals surface area contributed by atoms with Gasteiger partial charge in [0.05, 0.1) is 0 Å². The fourth-order valence-corrected chi connectivity index (χ4v) is 2.76. The van der Waals surface area contributed by atoms with Gasteiger partial charge in [0.25, 0.3) is 0 Å². The van der Waals surface area contributed by atoms with Crippen molar-refractivity contribution in [3.05, 3.63) is 0 Å². The molecular formula is C13H24N2O2. The van der Waals surface area contributed by atoms with Crippen molar-refractivity contribution >= 4 is 5.91 Å². The smallest absolute Gasteiger partial charge is 0.248 e. The summed E-state index contributed by atoms with van der Waals surface area (Å²) in [4.78, 5) is 13.9. The Balaban J connectivity index is 1.60. The minimum atomic E-state index is 0.177. The van der Waals surface area contributed by atoms with Gasteiger partial charge in [-0.25, -0.2) is 0 Å². The van der Waals surface area contributed by atoms with Crippen LogP contribution in [0.3, 0.4) is 0 Å². The fraction of sp³-hybridized carbons (Fsp3) is 0.923. The van der Waals surface area contributed by atoms with Crippen molar-refractivity contribution in [3.63, 3.8) is 0 Å². The first kappa shape index (κ1) is 12.8. The van der Waals surface area contributed by atoms with Crippen molar-refractivity contribution in [1.29, 1.82) is 0 Å². The van der Waals surface area contributed by atoms with E-state index in [0.717, 1.165) is 39.2 Å². The maximum Gasteiger partial charge on any atom is 0.248 e. The van der Waals surface area contributed by atoms with E-state index in [1.54, 1.807) is 0 Å². The van der Waals surface area contributed by atoms with Crippen molar-refractivity contribution in [1.82, 2.24) is 10.2 Å². The van der Waals surface area contributed by atoms with Gasteiger partial charge in [0.1, 0.15) is 6.61 Å². The number of hydrogen-bond acceptors (Lipinski definition) is 3. The number of unbranched alkanes of at least 4 members (excludes halogenated alkanes) is 2. The Morgan fingerprint density at radius 2 is 2.00 bits per heavy atom. The molecule has 2 heterocycles. The second-order valence-corrected chi connectivity index (χ2v) is 5.24. The lowest BCUT2D eigenvalue weighted by atomic mass is 10.0. The summed E-state index contributed by atoms with van der Waals surface area (Å²) in [6.45, 7) is 7.17. The van der Waals surface area contributed by atoms with Crippen LogP contribution in [0.1, 0.15) is 26.2 Å². The minimum absolute atomic E-state index is 0.177. The number of fused-ring (bicyclic) bond motifs is 1. The lowest BCUT2D eigenvalue weighted by Gasteiger charge is -2.17. The van der Waals surface area contributed by atoms with E-state index in [0.29, 0.717) is 11.8 Å². The Kier molecular flexibility index (Phi) is 4.80. The van der Waals surface area contributed by atoms with Gasteiger partial charge in [0, 0.05) is 32.8 Å². The average Bonchev–Trinajstić information content (AvgIpc) is 2.88. The molecule has 2 saturated heterocycles. The van der Waals surface area contributed by atoms with Crippen molar-refractivity contribution in [2.75, 3.05) is 39.4 Å². The highest BCUT2D eigenvalue weighted by Gasteiger charge is 2.37. The average molecular weight is 240 g/mol. The van der Waals surface area contributed by atoms with E-state index in [1.807, 2.05) is 4.90 Å². The van der Waals surface area contributed by atoms with Crippen LogP contribution in [0, 0.1) is 11.8 Å². The van der Waals surface area contributed by atoms with Gasteiger partial charge >= 0.3 is 0 Å². The Morgan fingerprint density at radius 3 is 2.65 bits per heavy atom. The molecule has 0 aromatic rings. The van der Waals surface area contributed by atoms with Gasteiger partial charge < -0.3 is 15.0 Å². The summed E-state index contributed by atoms with van der Waals surface area (Å²) in [5.74, 6) is 1.54. The van der Waals surface area contributed by atoms with E-state index in [9.17, 15) is 4.79 Å². The zero-order valence-corrected chi connectivity index (χ0v) is 10.8. The number of nitrogens with one attached hydrogen (secondary N) is 1. The van der Waals surface area contributed by atoms with Gasteiger partial charge in [-0.3, -0.25) is 4.79 Å². The number of rotatable bonds is 6. The third-order valence-corrected chi connectivity index (χ3v) is 3.86. The molecular weight excluding hydrogens is 216 g/mol. The highest BCUT2D eigenvalue weighted by atomic mass is 16.5. The lowest BCUT2D eigenvalue weighted by molar-refractivity contribution is -0.135. The molecule has 2 rings (SSSR count). The van der Waals surface area contributed by atoms with Crippen LogP contribution in [-0.2, 0) is 9.53 Å². The minimum Gasteiger partial charge on any atom is -0.372 e. The number of likely N-dealkylation sites (tertiary alicyclic amines) is 1. The van der Waals surface area contributed by atoms with Crippen LogP contribution in [0.4, 0.5) is 0 Å². The molecule has 4 heteroatoms. The maximum atomic E-state index is 11.9. The first-order valence-corrected chi connectivity index (χ1v) is 6.87. The summed E-state index contributed by atoms with van der Waals surface area (Å²) in [7, 11) is 0. The summed E-state index contributed by atoms with van der Waals surface area (Å²) >= 11 is 0. The molecule has 0 radical (unpaired) electrons. The molecule has 2 fully saturated rings. The zero-order valence-electron chi connectivity index (χ0n) is 10.8. The van der Waals surface area contributed by atoms with Crippen LogP contribution in [0.15, 0.2) is 0 Å². The van der Waals surface area contributed by atoms with E-state index in [1.165, 1.54) is 12.8 Å². The summed E-state index contributed by atoms with van der Waals surface area (Å²) in [6, 6.07) is 0. The number of hydrogen-bond donors (Lipinski definition) is 1. The fourth-order valence-electron chi connectivity index (χ4n) is 2.76. The Labute approximate surface area is 104 Å². The van der Waals surface area contributed by atoms with Crippen LogP contribution in [0.25, 0.3) is 0 Å². The molecule has 0 unspecified atom stereocenters. The van der Waals surface area contributed by atoms with Crippen LogP contribution in [-0.4, -0.2) is 50.2 Å². The molecule has 4 nitrogen and oxygen atoms in total. The quantitative estimate of drug-likeness (QED) is 0.701. The Bertz CT molecular complexity index is 246. The second kappa shape index (κ2) is 6.36. The van der Waals surface area contributed by atoms with Gasteiger partial charge in [-0.2, -0.15) is 0 Å². The molecule has 0 aromatic heterocycles. The van der Waals surface area contributed by atoms with E-state index < -0.39 is 0 Å². The topological polar surface area (TPSA) is 41.6 Å². The molecule has 0 saturated carbocycles. The molecule has 1 N–H and O–H groups in total. The third-order valence-electron chi connectivity index (χ3n) is 3.86. The number of carbonyl (C=O) groups is 1. The van der Waals surface area contributed by atoms with Crippen molar-refractivity contribution in [2.45, 2.75) is 26.2 Å². The number of nitrogens with zero attached hydrogens (tertiary/aromatic N) is 1. The largest absolute Gasteiger partial charge is 0.372 e. The van der Waals surface area contributed by atoms with Gasteiger partial charge in [-0.05, 0) is 18.3 Å². The Hall–Kier alpha value is -0.610. The third kappa shape index (κ3) is 3.42. The second-order valence-electron chi connectivity index (χ2n) is 5.24.